The summed E-state index contributed by atoms with van der Waals surface area (Å²) in [5.41, 5.74) is 6.47. The Bertz CT molecular complexity index is 1790. The number of nitriles is 1. The zero-order valence-electron chi connectivity index (χ0n) is 22.9. The number of anilines is 2. The largest absolute Gasteiger partial charge is 0.444 e. The molecule has 41 heavy (non-hydrogen) atoms. The number of fused-ring (bicyclic) bond motifs is 4. The second-order valence-corrected chi connectivity index (χ2v) is 12.6. The Labute approximate surface area is 238 Å². The van der Waals surface area contributed by atoms with Crippen molar-refractivity contribution in [2.45, 2.75) is 58.5 Å². The molecule has 1 amide bonds. The lowest BCUT2D eigenvalue weighted by atomic mass is 9.94. The third-order valence-corrected chi connectivity index (χ3v) is 8.22. The van der Waals surface area contributed by atoms with Crippen LogP contribution in [0.15, 0.2) is 12.4 Å². The monoisotopic (exact) mass is 579 g/mol. The number of thiophene rings is 1. The lowest BCUT2D eigenvalue weighted by Crippen LogP contribution is -2.39. The molecule has 5 heterocycles. The van der Waals surface area contributed by atoms with Crippen molar-refractivity contribution in [3.8, 4) is 17.3 Å². The first-order valence-corrected chi connectivity index (χ1v) is 13.8. The molecule has 4 aromatic rings. The van der Waals surface area contributed by atoms with E-state index in [1.54, 1.807) is 27.0 Å². The van der Waals surface area contributed by atoms with Gasteiger partial charge in [-0.3, -0.25) is 10.3 Å². The second-order valence-electron chi connectivity index (χ2n) is 11.6. The molecule has 6 rings (SSSR count). The van der Waals surface area contributed by atoms with Gasteiger partial charge in [-0.15, -0.1) is 11.3 Å². The number of rotatable bonds is 3. The fraction of sp³-hybridized carbons (Fsp3) is 0.393. The number of nitrogens with two attached hydrogens (primary N) is 1. The molecule has 0 bridgehead atoms. The molecule has 1 saturated heterocycles. The molecule has 10 nitrogen and oxygen atoms in total. The topological polar surface area (TPSA) is 139 Å². The van der Waals surface area contributed by atoms with Crippen LogP contribution in [0.5, 0.6) is 0 Å². The number of ether oxygens (including phenoxy) is 2. The zero-order valence-corrected chi connectivity index (χ0v) is 23.7. The van der Waals surface area contributed by atoms with Gasteiger partial charge in [0.1, 0.15) is 22.2 Å². The molecule has 1 aromatic carbocycles. The van der Waals surface area contributed by atoms with Crippen LogP contribution in [-0.4, -0.2) is 45.3 Å². The number of amides is 1. The molecule has 1 atom stereocenters. The number of halogens is 2. The first kappa shape index (κ1) is 27.2. The molecule has 0 spiro atoms. The molecular formula is C28H27F2N7O3S. The Morgan fingerprint density at radius 3 is 2.71 bits per heavy atom. The van der Waals surface area contributed by atoms with Crippen molar-refractivity contribution in [3.05, 3.63) is 40.7 Å². The van der Waals surface area contributed by atoms with E-state index in [1.807, 2.05) is 17.9 Å². The van der Waals surface area contributed by atoms with Gasteiger partial charge in [0.2, 0.25) is 5.95 Å². The van der Waals surface area contributed by atoms with Crippen molar-refractivity contribution in [3.63, 3.8) is 0 Å². The fourth-order valence-corrected chi connectivity index (χ4v) is 6.35. The van der Waals surface area contributed by atoms with Crippen molar-refractivity contribution < 1.29 is 23.0 Å². The summed E-state index contributed by atoms with van der Waals surface area (Å²) < 4.78 is 42.7. The smallest absolute Gasteiger partial charge is 0.412 e. The molecule has 0 radical (unpaired) electrons. The summed E-state index contributed by atoms with van der Waals surface area (Å²) in [5.74, 6) is -1.04. The minimum Gasteiger partial charge on any atom is -0.444 e. The van der Waals surface area contributed by atoms with E-state index in [1.165, 1.54) is 0 Å². The van der Waals surface area contributed by atoms with Crippen LogP contribution in [0, 0.1) is 23.0 Å². The van der Waals surface area contributed by atoms with Gasteiger partial charge in [-0.2, -0.15) is 5.26 Å². The van der Waals surface area contributed by atoms with Crippen molar-refractivity contribution in [2.24, 2.45) is 5.73 Å². The van der Waals surface area contributed by atoms with E-state index in [2.05, 4.69) is 20.3 Å². The van der Waals surface area contributed by atoms with E-state index in [4.69, 9.17) is 15.2 Å². The van der Waals surface area contributed by atoms with Crippen LogP contribution in [0.25, 0.3) is 32.2 Å². The summed E-state index contributed by atoms with van der Waals surface area (Å²) in [4.78, 5) is 27.8. The molecule has 0 aliphatic carbocycles. The van der Waals surface area contributed by atoms with Crippen LogP contribution in [0.1, 0.15) is 50.8 Å². The van der Waals surface area contributed by atoms with E-state index < -0.39 is 28.9 Å². The first-order valence-electron chi connectivity index (χ1n) is 13.0. The molecule has 212 valence electrons. The summed E-state index contributed by atoms with van der Waals surface area (Å²) in [7, 11) is 0. The summed E-state index contributed by atoms with van der Waals surface area (Å²) in [6.45, 7) is 8.49. The minimum atomic E-state index is -0.804. The number of carbonyl (C=O) groups is 1. The van der Waals surface area contributed by atoms with E-state index >= 15 is 8.78 Å². The highest BCUT2D eigenvalue weighted by Gasteiger charge is 2.34. The summed E-state index contributed by atoms with van der Waals surface area (Å²) in [6.07, 6.45) is 2.51. The Hall–Kier alpha value is -3.99. The maximum absolute atomic E-state index is 16.6. The lowest BCUT2D eigenvalue weighted by molar-refractivity contribution is 0.0636. The predicted octanol–water partition coefficient (Wildman–Crippen LogP) is 5.36. The predicted molar refractivity (Wildman–Crippen MR) is 151 cm³/mol. The van der Waals surface area contributed by atoms with Crippen LogP contribution in [0.3, 0.4) is 0 Å². The molecule has 2 aliphatic rings. The van der Waals surface area contributed by atoms with E-state index in [0.29, 0.717) is 35.6 Å². The maximum Gasteiger partial charge on any atom is 0.412 e. The minimum absolute atomic E-state index is 0.0484. The lowest BCUT2D eigenvalue weighted by Gasteiger charge is -2.20. The number of hydrogen-bond acceptors (Lipinski definition) is 10. The summed E-state index contributed by atoms with van der Waals surface area (Å²) in [6, 6.07) is 2.04. The number of nitrogens with zero attached hydrogens (tertiary/aromatic N) is 5. The first-order chi connectivity index (χ1) is 19.4. The molecule has 3 N–H and O–H groups in total. The molecule has 0 saturated carbocycles. The van der Waals surface area contributed by atoms with E-state index in [0.717, 1.165) is 24.0 Å². The molecule has 0 unspecified atom stereocenters. The number of pyridine rings is 1. The Balaban J connectivity index is 1.55. The second kappa shape index (κ2) is 9.54. The molecule has 2 aliphatic heterocycles. The molecule has 1 fully saturated rings. The van der Waals surface area contributed by atoms with E-state index in [9.17, 15) is 10.1 Å². The number of benzene rings is 1. The number of nitrogens with one attached hydrogen (secondary N) is 1. The van der Waals surface area contributed by atoms with E-state index in [-0.39, 0.29) is 50.6 Å². The van der Waals surface area contributed by atoms with Gasteiger partial charge < -0.3 is 20.1 Å². The van der Waals surface area contributed by atoms with Gasteiger partial charge in [-0.25, -0.2) is 23.5 Å². The highest BCUT2D eigenvalue weighted by Crippen LogP contribution is 2.46. The van der Waals surface area contributed by atoms with Gasteiger partial charge in [0, 0.05) is 41.2 Å². The quantitative estimate of drug-likeness (QED) is 0.328. The van der Waals surface area contributed by atoms with Crippen LogP contribution in [0.2, 0.25) is 0 Å². The average Bonchev–Trinajstić information content (AvgIpc) is 3.61. The summed E-state index contributed by atoms with van der Waals surface area (Å²) >= 11 is 0.853. The van der Waals surface area contributed by atoms with Crippen LogP contribution in [-0.2, 0) is 22.7 Å². The Morgan fingerprint density at radius 1 is 1.27 bits per heavy atom. The van der Waals surface area contributed by atoms with Crippen molar-refractivity contribution in [2.75, 3.05) is 23.3 Å². The Morgan fingerprint density at radius 2 is 2.02 bits per heavy atom. The standard InChI is InChI=1S/C28H27F2N7O3S/c1-27(2,3)40-26(38)36-24-13(7-31)19-22(33-9-17(29)23(19)41-24)18-16-11-39-10-15(16)14-8-34-25(35-21(14)20(18)30)37-6-5-28(4,32)12-37/h8-9H,5-6,10-12,32H2,1-4H3,(H,36,38)/t28-/m0/s1. The average molecular weight is 580 g/mol. The van der Waals surface area contributed by atoms with Crippen LogP contribution >= 0.6 is 11.3 Å². The third-order valence-electron chi connectivity index (χ3n) is 7.11. The number of aromatic nitrogens is 3. The molecule has 3 aromatic heterocycles. The van der Waals surface area contributed by atoms with Crippen molar-refractivity contribution in [1.82, 2.24) is 15.0 Å². The molecular weight excluding hydrogens is 552 g/mol. The number of carbonyl (C=O) groups excluding carboxylic acids is 1. The normalized spacial score (nSPS) is 18.6. The van der Waals surface area contributed by atoms with Crippen molar-refractivity contribution in [1.29, 1.82) is 5.26 Å². The Kier molecular flexibility index (Phi) is 6.33. The summed E-state index contributed by atoms with van der Waals surface area (Å²) in [5, 5.41) is 13.3. The van der Waals surface area contributed by atoms with Crippen LogP contribution in [0.4, 0.5) is 24.5 Å². The van der Waals surface area contributed by atoms with Crippen LogP contribution < -0.4 is 16.0 Å². The number of hydrogen-bond donors (Lipinski definition) is 2. The fourth-order valence-electron chi connectivity index (χ4n) is 5.31. The highest BCUT2D eigenvalue weighted by atomic mass is 32.1. The zero-order chi connectivity index (χ0) is 29.3. The highest BCUT2D eigenvalue weighted by molar-refractivity contribution is 7.23. The van der Waals surface area contributed by atoms with Gasteiger partial charge in [-0.05, 0) is 45.2 Å². The van der Waals surface area contributed by atoms with Gasteiger partial charge in [0.15, 0.2) is 11.6 Å². The van der Waals surface area contributed by atoms with Crippen molar-refractivity contribution >= 4 is 49.4 Å². The van der Waals surface area contributed by atoms with Gasteiger partial charge in [0.05, 0.1) is 35.4 Å². The maximum atomic E-state index is 16.6. The molecule has 13 heteroatoms. The van der Waals surface area contributed by atoms with Gasteiger partial charge in [-0.1, -0.05) is 0 Å². The SMILES string of the molecule is CC(C)(C)OC(=O)Nc1sc2c(F)cnc(-c3c4c(c5cnc(N6CC[C@](C)(N)C6)nc5c3F)COC4)c2c1C#N. The third kappa shape index (κ3) is 4.71. The van der Waals surface area contributed by atoms with Gasteiger partial charge in [0.25, 0.3) is 0 Å². The van der Waals surface area contributed by atoms with Gasteiger partial charge >= 0.3 is 6.09 Å².